The van der Waals surface area contributed by atoms with Crippen LogP contribution in [-0.2, 0) is 22.7 Å². The van der Waals surface area contributed by atoms with Crippen LogP contribution in [0, 0.1) is 0 Å². The molecule has 0 radical (unpaired) electrons. The van der Waals surface area contributed by atoms with Crippen LogP contribution in [0.25, 0.3) is 11.0 Å². The second kappa shape index (κ2) is 12.8. The Bertz CT molecular complexity index is 1460. The predicted molar refractivity (Wildman–Crippen MR) is 160 cm³/mol. The highest BCUT2D eigenvalue weighted by atomic mass is 16.5. The molecule has 214 valence electrons. The number of benzene rings is 3. The van der Waals surface area contributed by atoms with Gasteiger partial charge in [-0.3, -0.25) is 9.59 Å². The van der Waals surface area contributed by atoms with Gasteiger partial charge in [0.15, 0.2) is 0 Å². The number of nitrogens with zero attached hydrogens (tertiary/aromatic N) is 5. The number of rotatable bonds is 10. The van der Waals surface area contributed by atoms with Crippen molar-refractivity contribution in [3.63, 3.8) is 0 Å². The first kappa shape index (κ1) is 28.1. The minimum Gasteiger partial charge on any atom is -0.497 e. The summed E-state index contributed by atoms with van der Waals surface area (Å²) in [6.45, 7) is 0.202. The summed E-state index contributed by atoms with van der Waals surface area (Å²) in [4.78, 5) is 32.0. The first-order chi connectivity index (χ1) is 19.9. The molecule has 1 saturated carbocycles. The molecule has 0 saturated heterocycles. The summed E-state index contributed by atoms with van der Waals surface area (Å²) in [5.41, 5.74) is 4.15. The monoisotopic (exact) mass is 554 g/mol. The number of ether oxygens (including phenoxy) is 1. The Morgan fingerprint density at radius 3 is 2.37 bits per heavy atom. The van der Waals surface area contributed by atoms with E-state index < -0.39 is 6.04 Å². The largest absolute Gasteiger partial charge is 0.497 e. The van der Waals surface area contributed by atoms with Gasteiger partial charge in [0.1, 0.15) is 23.9 Å². The van der Waals surface area contributed by atoms with E-state index in [1.807, 2.05) is 91.8 Å². The summed E-state index contributed by atoms with van der Waals surface area (Å²) in [6.07, 6.45) is 5.29. The smallest absolute Gasteiger partial charge is 0.247 e. The van der Waals surface area contributed by atoms with Gasteiger partial charge in [-0.2, -0.15) is 0 Å². The Kier molecular flexibility index (Phi) is 8.82. The highest BCUT2D eigenvalue weighted by molar-refractivity contribution is 5.89. The van der Waals surface area contributed by atoms with Crippen LogP contribution in [0.5, 0.6) is 5.75 Å². The number of amides is 2. The molecule has 1 heterocycles. The van der Waals surface area contributed by atoms with Crippen molar-refractivity contribution >= 4 is 28.5 Å². The Balaban J connectivity index is 1.52. The predicted octanol–water partition coefficient (Wildman–Crippen LogP) is 4.72. The van der Waals surface area contributed by atoms with Crippen molar-refractivity contribution in [2.24, 2.45) is 0 Å². The lowest BCUT2D eigenvalue weighted by Gasteiger charge is -2.34. The van der Waals surface area contributed by atoms with Gasteiger partial charge in [0.2, 0.25) is 11.8 Å². The fourth-order valence-corrected chi connectivity index (χ4v) is 5.46. The molecule has 3 aromatic carbocycles. The molecule has 1 fully saturated rings. The van der Waals surface area contributed by atoms with Crippen LogP contribution < -0.4 is 15.0 Å². The van der Waals surface area contributed by atoms with Gasteiger partial charge in [-0.1, -0.05) is 60.9 Å². The summed E-state index contributed by atoms with van der Waals surface area (Å²) < 4.78 is 6.94. The fraction of sp³-hybridized carbons (Fsp3) is 0.375. The molecule has 1 aromatic heterocycles. The Morgan fingerprint density at radius 1 is 0.976 bits per heavy atom. The van der Waals surface area contributed by atoms with Crippen LogP contribution in [0.4, 0.5) is 5.69 Å². The van der Waals surface area contributed by atoms with Crippen molar-refractivity contribution < 1.29 is 14.3 Å². The molecule has 0 spiro atoms. The molecule has 9 nitrogen and oxygen atoms in total. The minimum absolute atomic E-state index is 0.0420. The number of hydrogen-bond acceptors (Lipinski definition) is 6. The number of nitrogens with one attached hydrogen (secondary N) is 1. The molecule has 1 N–H and O–H groups in total. The van der Waals surface area contributed by atoms with Gasteiger partial charge in [-0.25, -0.2) is 4.68 Å². The highest BCUT2D eigenvalue weighted by Crippen LogP contribution is 2.28. The molecule has 5 rings (SSSR count). The molecule has 1 aliphatic rings. The van der Waals surface area contributed by atoms with Crippen molar-refractivity contribution in [2.45, 2.75) is 57.3 Å². The van der Waals surface area contributed by atoms with Crippen LogP contribution in [0.3, 0.4) is 0 Å². The van der Waals surface area contributed by atoms with Gasteiger partial charge in [-0.15, -0.1) is 5.10 Å². The average molecular weight is 555 g/mol. The third kappa shape index (κ3) is 6.67. The summed E-state index contributed by atoms with van der Waals surface area (Å²) in [5.74, 6) is 0.336. The fourth-order valence-electron chi connectivity index (χ4n) is 5.46. The zero-order valence-corrected chi connectivity index (χ0v) is 24.0. The summed E-state index contributed by atoms with van der Waals surface area (Å²) in [7, 11) is 5.57. The number of carbonyl (C=O) groups is 2. The van der Waals surface area contributed by atoms with E-state index in [0.717, 1.165) is 53.8 Å². The van der Waals surface area contributed by atoms with E-state index in [-0.39, 0.29) is 30.9 Å². The second-order valence-corrected chi connectivity index (χ2v) is 10.8. The van der Waals surface area contributed by atoms with Crippen molar-refractivity contribution in [1.29, 1.82) is 0 Å². The molecule has 1 aliphatic carbocycles. The number of methoxy groups -OCH3 is 1. The number of fused-ring (bicyclic) bond motifs is 1. The maximum Gasteiger partial charge on any atom is 0.247 e. The molecule has 0 aliphatic heterocycles. The standard InChI is InChI=1S/C32H38N6O3/c1-36(2)26-17-15-24(16-18-26)31(32(40)33-25-9-5-4-6-10-25)37(21-23-13-19-27(41-3)20-14-23)30(39)22-38-29-12-8-7-11-28(29)34-35-38/h7-8,11-20,25,31H,4-6,9-10,21-22H2,1-3H3,(H,33,40)/t31-/m0/s1. The normalized spacial score (nSPS) is 14.4. The molecule has 0 unspecified atom stereocenters. The van der Waals surface area contributed by atoms with Gasteiger partial charge in [0.25, 0.3) is 0 Å². The molecule has 1 atom stereocenters. The molecule has 41 heavy (non-hydrogen) atoms. The number of carbonyl (C=O) groups excluding carboxylic acids is 2. The number of para-hydroxylation sites is 1. The zero-order chi connectivity index (χ0) is 28.8. The van der Waals surface area contributed by atoms with Crippen LogP contribution >= 0.6 is 0 Å². The molecular weight excluding hydrogens is 516 g/mol. The van der Waals surface area contributed by atoms with Crippen LogP contribution in [0.1, 0.15) is 49.3 Å². The summed E-state index contributed by atoms with van der Waals surface area (Å²) in [6, 6.07) is 22.3. The van der Waals surface area contributed by atoms with E-state index in [0.29, 0.717) is 5.52 Å². The van der Waals surface area contributed by atoms with Gasteiger partial charge >= 0.3 is 0 Å². The Labute approximate surface area is 241 Å². The summed E-state index contributed by atoms with van der Waals surface area (Å²) in [5, 5.41) is 11.8. The van der Waals surface area contributed by atoms with Gasteiger partial charge in [0.05, 0.1) is 12.6 Å². The molecular formula is C32H38N6O3. The average Bonchev–Trinajstić information content (AvgIpc) is 3.40. The maximum atomic E-state index is 14.2. The van der Waals surface area contributed by atoms with Crippen molar-refractivity contribution in [3.05, 3.63) is 83.9 Å². The first-order valence-electron chi connectivity index (χ1n) is 14.2. The van der Waals surface area contributed by atoms with E-state index in [4.69, 9.17) is 4.74 Å². The lowest BCUT2D eigenvalue weighted by atomic mass is 9.94. The third-order valence-corrected chi connectivity index (χ3v) is 7.77. The van der Waals surface area contributed by atoms with E-state index in [1.165, 1.54) is 6.42 Å². The van der Waals surface area contributed by atoms with Crippen molar-refractivity contribution in [3.8, 4) is 5.75 Å². The number of anilines is 1. The van der Waals surface area contributed by atoms with Crippen LogP contribution in [0.15, 0.2) is 72.8 Å². The van der Waals surface area contributed by atoms with E-state index in [1.54, 1.807) is 16.7 Å². The van der Waals surface area contributed by atoms with E-state index >= 15 is 0 Å². The van der Waals surface area contributed by atoms with Crippen molar-refractivity contribution in [2.75, 3.05) is 26.1 Å². The van der Waals surface area contributed by atoms with Crippen LogP contribution in [0.2, 0.25) is 0 Å². The first-order valence-corrected chi connectivity index (χ1v) is 14.2. The maximum absolute atomic E-state index is 14.2. The second-order valence-electron chi connectivity index (χ2n) is 10.8. The van der Waals surface area contributed by atoms with E-state index in [9.17, 15) is 9.59 Å². The van der Waals surface area contributed by atoms with Crippen LogP contribution in [-0.4, -0.2) is 59.0 Å². The molecule has 2 amide bonds. The highest BCUT2D eigenvalue weighted by Gasteiger charge is 2.33. The van der Waals surface area contributed by atoms with Crippen molar-refractivity contribution in [1.82, 2.24) is 25.2 Å². The summed E-state index contributed by atoms with van der Waals surface area (Å²) >= 11 is 0. The quantitative estimate of drug-likeness (QED) is 0.305. The van der Waals surface area contributed by atoms with Gasteiger partial charge in [-0.05, 0) is 60.4 Å². The SMILES string of the molecule is COc1ccc(CN(C(=O)Cn2nnc3ccccc32)[C@H](C(=O)NC2CCCCC2)c2ccc(N(C)C)cc2)cc1. The lowest BCUT2D eigenvalue weighted by Crippen LogP contribution is -2.47. The van der Waals surface area contributed by atoms with E-state index in [2.05, 4.69) is 15.6 Å². The number of aromatic nitrogens is 3. The third-order valence-electron chi connectivity index (χ3n) is 7.77. The molecule has 0 bridgehead atoms. The molecule has 9 heteroatoms. The Morgan fingerprint density at radius 2 is 1.68 bits per heavy atom. The zero-order valence-electron chi connectivity index (χ0n) is 24.0. The lowest BCUT2D eigenvalue weighted by molar-refractivity contribution is -0.142. The number of hydrogen-bond donors (Lipinski definition) is 1. The van der Waals surface area contributed by atoms with Gasteiger partial charge < -0.3 is 19.9 Å². The topological polar surface area (TPSA) is 92.6 Å². The molecule has 4 aromatic rings. The van der Waals surface area contributed by atoms with Gasteiger partial charge in [0, 0.05) is 32.4 Å². The minimum atomic E-state index is -0.822. The Hall–Kier alpha value is -4.40.